The number of halogens is 1. The molecule has 1 rings (SSSR count). The third-order valence-electron chi connectivity index (χ3n) is 2.64. The van der Waals surface area contributed by atoms with Crippen molar-refractivity contribution >= 4 is 0 Å². The molecule has 1 fully saturated rings. The molecular formula is C9H18FNO. The molecule has 0 amide bonds. The first kappa shape index (κ1) is 9.93. The molecule has 72 valence electrons. The van der Waals surface area contributed by atoms with E-state index in [-0.39, 0.29) is 18.7 Å². The molecule has 2 nitrogen and oxygen atoms in total. The zero-order chi connectivity index (χ0) is 9.03. The van der Waals surface area contributed by atoms with Gasteiger partial charge in [0.25, 0.3) is 0 Å². The number of piperidine rings is 1. The van der Waals surface area contributed by atoms with E-state index in [4.69, 9.17) is 5.11 Å². The lowest BCUT2D eigenvalue weighted by Crippen LogP contribution is -2.44. The van der Waals surface area contributed by atoms with Crippen molar-refractivity contribution in [3.8, 4) is 0 Å². The van der Waals surface area contributed by atoms with Gasteiger partial charge < -0.3 is 10.0 Å². The van der Waals surface area contributed by atoms with Crippen LogP contribution in [0.2, 0.25) is 0 Å². The summed E-state index contributed by atoms with van der Waals surface area (Å²) in [5, 5.41) is 9.12. The Balaban J connectivity index is 2.39. The zero-order valence-electron chi connectivity index (χ0n) is 7.72. The Kier molecular flexibility index (Phi) is 3.47. The van der Waals surface area contributed by atoms with Gasteiger partial charge in [0.2, 0.25) is 0 Å². The van der Waals surface area contributed by atoms with E-state index in [9.17, 15) is 4.39 Å². The van der Waals surface area contributed by atoms with Crippen LogP contribution in [0.1, 0.15) is 19.8 Å². The second kappa shape index (κ2) is 4.19. The minimum atomic E-state index is -0.276. The fourth-order valence-electron chi connectivity index (χ4n) is 1.87. The second-order valence-electron chi connectivity index (χ2n) is 4.04. The molecule has 0 aliphatic carbocycles. The highest BCUT2D eigenvalue weighted by atomic mass is 19.1. The summed E-state index contributed by atoms with van der Waals surface area (Å²) in [7, 11) is 0. The molecule has 1 unspecified atom stereocenters. The minimum absolute atomic E-state index is 0.00736. The molecule has 1 saturated heterocycles. The Bertz CT molecular complexity index is 140. The van der Waals surface area contributed by atoms with Gasteiger partial charge >= 0.3 is 0 Å². The third kappa shape index (κ3) is 2.42. The van der Waals surface area contributed by atoms with E-state index >= 15 is 0 Å². The molecule has 3 heteroatoms. The van der Waals surface area contributed by atoms with Gasteiger partial charge in [-0.1, -0.05) is 6.92 Å². The fraction of sp³-hybridized carbons (Fsp3) is 1.00. The summed E-state index contributed by atoms with van der Waals surface area (Å²) in [5.74, 6) is 0. The summed E-state index contributed by atoms with van der Waals surface area (Å²) < 4.78 is 12.0. The molecule has 1 N–H and O–H groups in total. The molecule has 0 aromatic heterocycles. The fourth-order valence-corrected chi connectivity index (χ4v) is 1.87. The van der Waals surface area contributed by atoms with Crippen LogP contribution in [0.5, 0.6) is 0 Å². The molecule has 0 aromatic rings. The predicted molar refractivity (Wildman–Crippen MR) is 46.8 cm³/mol. The summed E-state index contributed by atoms with van der Waals surface area (Å²) >= 11 is 0. The Hall–Kier alpha value is -0.150. The van der Waals surface area contributed by atoms with Crippen LogP contribution in [0.25, 0.3) is 0 Å². The molecule has 0 bridgehead atoms. The lowest BCUT2D eigenvalue weighted by molar-refractivity contribution is 0.0440. The van der Waals surface area contributed by atoms with E-state index in [1.54, 1.807) is 0 Å². The van der Waals surface area contributed by atoms with Gasteiger partial charge in [-0.3, -0.25) is 0 Å². The van der Waals surface area contributed by atoms with Crippen LogP contribution in [0, 0.1) is 5.41 Å². The van der Waals surface area contributed by atoms with E-state index in [0.717, 1.165) is 25.9 Å². The maximum atomic E-state index is 12.0. The number of aliphatic hydroxyl groups excluding tert-OH is 1. The Morgan fingerprint density at radius 3 is 2.92 bits per heavy atom. The number of likely N-dealkylation sites (tertiary alicyclic amines) is 1. The number of hydrogen-bond acceptors (Lipinski definition) is 2. The average Bonchev–Trinajstić information content (AvgIpc) is 2.05. The van der Waals surface area contributed by atoms with Crippen LogP contribution in [0.15, 0.2) is 0 Å². The van der Waals surface area contributed by atoms with Crippen LogP contribution in [0.4, 0.5) is 4.39 Å². The van der Waals surface area contributed by atoms with Gasteiger partial charge in [-0.25, -0.2) is 4.39 Å². The number of aliphatic hydroxyl groups is 1. The van der Waals surface area contributed by atoms with Crippen molar-refractivity contribution in [2.45, 2.75) is 19.8 Å². The standard InChI is InChI=1S/C9H18FNO/c1-9(8-12)3-2-5-11(7-9)6-4-10/h12H,2-8H2,1H3. The van der Waals surface area contributed by atoms with Crippen LogP contribution in [-0.4, -0.2) is 42.9 Å². The largest absolute Gasteiger partial charge is 0.396 e. The summed E-state index contributed by atoms with van der Waals surface area (Å²) in [5.41, 5.74) is 0.00736. The van der Waals surface area contributed by atoms with Crippen molar-refractivity contribution in [3.05, 3.63) is 0 Å². The lowest BCUT2D eigenvalue weighted by atomic mass is 9.83. The molecular weight excluding hydrogens is 157 g/mol. The lowest BCUT2D eigenvalue weighted by Gasteiger charge is -2.38. The van der Waals surface area contributed by atoms with Crippen molar-refractivity contribution in [3.63, 3.8) is 0 Å². The predicted octanol–water partition coefficient (Wildman–Crippen LogP) is 1.05. The monoisotopic (exact) mass is 175 g/mol. The third-order valence-corrected chi connectivity index (χ3v) is 2.64. The smallest absolute Gasteiger partial charge is 0.102 e. The molecule has 12 heavy (non-hydrogen) atoms. The topological polar surface area (TPSA) is 23.5 Å². The average molecular weight is 175 g/mol. The van der Waals surface area contributed by atoms with Gasteiger partial charge in [0, 0.05) is 25.1 Å². The number of nitrogens with zero attached hydrogens (tertiary/aromatic N) is 1. The molecule has 0 spiro atoms. The summed E-state index contributed by atoms with van der Waals surface area (Å²) in [6.07, 6.45) is 2.14. The summed E-state index contributed by atoms with van der Waals surface area (Å²) in [4.78, 5) is 2.10. The van der Waals surface area contributed by atoms with E-state index in [1.165, 1.54) is 0 Å². The molecule has 0 saturated carbocycles. The molecule has 1 atom stereocenters. The van der Waals surface area contributed by atoms with E-state index < -0.39 is 0 Å². The quantitative estimate of drug-likeness (QED) is 0.693. The van der Waals surface area contributed by atoms with Gasteiger partial charge in [0.05, 0.1) is 0 Å². The van der Waals surface area contributed by atoms with Crippen molar-refractivity contribution in [2.24, 2.45) is 5.41 Å². The van der Waals surface area contributed by atoms with Gasteiger partial charge in [-0.2, -0.15) is 0 Å². The van der Waals surface area contributed by atoms with Crippen molar-refractivity contribution in [1.29, 1.82) is 0 Å². The van der Waals surface area contributed by atoms with Crippen LogP contribution >= 0.6 is 0 Å². The van der Waals surface area contributed by atoms with Gasteiger partial charge in [-0.05, 0) is 19.4 Å². The second-order valence-corrected chi connectivity index (χ2v) is 4.04. The number of alkyl halides is 1. The van der Waals surface area contributed by atoms with Gasteiger partial charge in [-0.15, -0.1) is 0 Å². The van der Waals surface area contributed by atoms with Crippen LogP contribution < -0.4 is 0 Å². The van der Waals surface area contributed by atoms with Crippen LogP contribution in [0.3, 0.4) is 0 Å². The first-order valence-electron chi connectivity index (χ1n) is 4.59. The Labute approximate surface area is 73.4 Å². The van der Waals surface area contributed by atoms with Crippen molar-refractivity contribution < 1.29 is 9.50 Å². The van der Waals surface area contributed by atoms with Gasteiger partial charge in [0.15, 0.2) is 0 Å². The molecule has 1 aliphatic rings. The first-order chi connectivity index (χ1) is 5.70. The van der Waals surface area contributed by atoms with Crippen LogP contribution in [-0.2, 0) is 0 Å². The summed E-state index contributed by atoms with van der Waals surface area (Å²) in [6, 6.07) is 0. The number of hydrogen-bond donors (Lipinski definition) is 1. The van der Waals surface area contributed by atoms with Crippen molar-refractivity contribution in [2.75, 3.05) is 32.9 Å². The highest BCUT2D eigenvalue weighted by Gasteiger charge is 2.29. The van der Waals surface area contributed by atoms with Gasteiger partial charge in [0.1, 0.15) is 6.67 Å². The first-order valence-corrected chi connectivity index (χ1v) is 4.59. The maximum Gasteiger partial charge on any atom is 0.102 e. The Morgan fingerprint density at radius 1 is 1.58 bits per heavy atom. The molecule has 0 radical (unpaired) electrons. The highest BCUT2D eigenvalue weighted by molar-refractivity contribution is 4.82. The van der Waals surface area contributed by atoms with E-state index in [1.807, 2.05) is 0 Å². The maximum absolute atomic E-state index is 12.0. The van der Waals surface area contributed by atoms with Crippen molar-refractivity contribution in [1.82, 2.24) is 4.90 Å². The number of rotatable bonds is 3. The summed E-state index contributed by atoms with van der Waals surface area (Å²) in [6.45, 7) is 4.36. The van der Waals surface area contributed by atoms with E-state index in [0.29, 0.717) is 6.54 Å². The molecule has 0 aromatic carbocycles. The minimum Gasteiger partial charge on any atom is -0.396 e. The SMILES string of the molecule is CC1(CO)CCCN(CCF)C1. The Morgan fingerprint density at radius 2 is 2.33 bits per heavy atom. The molecule has 1 heterocycles. The molecule has 1 aliphatic heterocycles. The highest BCUT2D eigenvalue weighted by Crippen LogP contribution is 2.28. The normalized spacial score (nSPS) is 32.2. The van der Waals surface area contributed by atoms with E-state index in [2.05, 4.69) is 11.8 Å². The zero-order valence-corrected chi connectivity index (χ0v) is 7.72.